The second-order valence-corrected chi connectivity index (χ2v) is 6.56. The third-order valence-electron chi connectivity index (χ3n) is 3.88. The number of carbonyl (C=O) groups is 2. The van der Waals surface area contributed by atoms with Crippen molar-refractivity contribution in [1.82, 2.24) is 5.32 Å². The molecule has 0 aliphatic heterocycles. The smallest absolute Gasteiger partial charge is 0.303 e. The van der Waals surface area contributed by atoms with Gasteiger partial charge in [-0.2, -0.15) is 0 Å². The number of benzene rings is 1. The van der Waals surface area contributed by atoms with Crippen molar-refractivity contribution in [2.45, 2.75) is 58.8 Å². The Labute approximate surface area is 139 Å². The topological polar surface area (TPSA) is 66.4 Å². The standard InChI is InChI=1S/C19H29NO3/c1-14(2)13-16-8-10-17(11-9-16)15(3)19(23)20-12-6-4-5-7-18(21)22/h8-11,14-15H,4-7,12-13H2,1-3H3,(H,20,23)(H,21,22). The number of aliphatic carboxylic acids is 1. The molecule has 0 saturated heterocycles. The fourth-order valence-corrected chi connectivity index (χ4v) is 2.51. The molecular weight excluding hydrogens is 290 g/mol. The minimum absolute atomic E-state index is 0.0276. The molecular formula is C19H29NO3. The van der Waals surface area contributed by atoms with Gasteiger partial charge in [0.15, 0.2) is 0 Å². The van der Waals surface area contributed by atoms with Crippen molar-refractivity contribution in [3.8, 4) is 0 Å². The summed E-state index contributed by atoms with van der Waals surface area (Å²) in [5, 5.41) is 11.5. The van der Waals surface area contributed by atoms with E-state index in [0.717, 1.165) is 24.8 Å². The molecule has 1 rings (SSSR count). The van der Waals surface area contributed by atoms with E-state index in [1.54, 1.807) is 0 Å². The molecule has 0 spiro atoms. The lowest BCUT2D eigenvalue weighted by atomic mass is 9.96. The number of amides is 1. The van der Waals surface area contributed by atoms with E-state index >= 15 is 0 Å². The zero-order chi connectivity index (χ0) is 17.2. The number of hydrogen-bond acceptors (Lipinski definition) is 2. The lowest BCUT2D eigenvalue weighted by Gasteiger charge is -2.13. The van der Waals surface area contributed by atoms with Gasteiger partial charge < -0.3 is 10.4 Å². The maximum Gasteiger partial charge on any atom is 0.303 e. The van der Waals surface area contributed by atoms with E-state index in [4.69, 9.17) is 5.11 Å². The van der Waals surface area contributed by atoms with Crippen LogP contribution >= 0.6 is 0 Å². The average molecular weight is 319 g/mol. The molecule has 0 aliphatic carbocycles. The van der Waals surface area contributed by atoms with Gasteiger partial charge in [-0.1, -0.05) is 44.5 Å². The molecule has 1 atom stereocenters. The summed E-state index contributed by atoms with van der Waals surface area (Å²) >= 11 is 0. The van der Waals surface area contributed by atoms with Crippen LogP contribution in [0.1, 0.15) is 63.5 Å². The molecule has 0 radical (unpaired) electrons. The van der Waals surface area contributed by atoms with Gasteiger partial charge >= 0.3 is 5.97 Å². The summed E-state index contributed by atoms with van der Waals surface area (Å²) in [7, 11) is 0. The molecule has 0 fully saturated rings. The van der Waals surface area contributed by atoms with Crippen molar-refractivity contribution < 1.29 is 14.7 Å². The van der Waals surface area contributed by atoms with Gasteiger partial charge in [-0.05, 0) is 43.2 Å². The SMILES string of the molecule is CC(C)Cc1ccc(C(C)C(=O)NCCCCCC(=O)O)cc1. The number of carbonyl (C=O) groups excluding carboxylic acids is 1. The highest BCUT2D eigenvalue weighted by Crippen LogP contribution is 2.17. The predicted octanol–water partition coefficient (Wildman–Crippen LogP) is 3.75. The van der Waals surface area contributed by atoms with E-state index in [-0.39, 0.29) is 18.2 Å². The zero-order valence-electron chi connectivity index (χ0n) is 14.5. The number of hydrogen-bond donors (Lipinski definition) is 2. The highest BCUT2D eigenvalue weighted by molar-refractivity contribution is 5.83. The van der Waals surface area contributed by atoms with Crippen LogP contribution in [0.4, 0.5) is 0 Å². The Morgan fingerprint density at radius 3 is 2.26 bits per heavy atom. The van der Waals surface area contributed by atoms with E-state index < -0.39 is 5.97 Å². The van der Waals surface area contributed by atoms with Gasteiger partial charge in [-0.3, -0.25) is 9.59 Å². The summed E-state index contributed by atoms with van der Waals surface area (Å²) in [4.78, 5) is 22.5. The van der Waals surface area contributed by atoms with Crippen LogP contribution in [0.2, 0.25) is 0 Å². The molecule has 4 nitrogen and oxygen atoms in total. The normalized spacial score (nSPS) is 12.2. The van der Waals surface area contributed by atoms with Gasteiger partial charge in [0.1, 0.15) is 0 Å². The molecule has 0 aliphatic rings. The fraction of sp³-hybridized carbons (Fsp3) is 0.579. The lowest BCUT2D eigenvalue weighted by Crippen LogP contribution is -2.28. The van der Waals surface area contributed by atoms with Crippen molar-refractivity contribution in [3.05, 3.63) is 35.4 Å². The van der Waals surface area contributed by atoms with Crippen LogP contribution in [0.15, 0.2) is 24.3 Å². The summed E-state index contributed by atoms with van der Waals surface area (Å²) in [6, 6.07) is 8.28. The quantitative estimate of drug-likeness (QED) is 0.645. The molecule has 128 valence electrons. The number of rotatable bonds is 10. The second-order valence-electron chi connectivity index (χ2n) is 6.56. The van der Waals surface area contributed by atoms with Crippen molar-refractivity contribution in [2.24, 2.45) is 5.92 Å². The Morgan fingerprint density at radius 2 is 1.70 bits per heavy atom. The first kappa shape index (κ1) is 19.2. The van der Waals surface area contributed by atoms with Gasteiger partial charge in [0.25, 0.3) is 0 Å². The number of nitrogens with one attached hydrogen (secondary N) is 1. The number of unbranched alkanes of at least 4 members (excludes halogenated alkanes) is 2. The summed E-state index contributed by atoms with van der Waals surface area (Å²) in [6.07, 6.45) is 3.56. The Morgan fingerprint density at radius 1 is 1.04 bits per heavy atom. The Bertz CT molecular complexity index is 494. The maximum atomic E-state index is 12.1. The van der Waals surface area contributed by atoms with E-state index in [1.807, 2.05) is 19.1 Å². The van der Waals surface area contributed by atoms with E-state index in [9.17, 15) is 9.59 Å². The highest BCUT2D eigenvalue weighted by Gasteiger charge is 2.14. The van der Waals surface area contributed by atoms with Crippen LogP contribution in [0.3, 0.4) is 0 Å². The maximum absolute atomic E-state index is 12.1. The predicted molar refractivity (Wildman–Crippen MR) is 92.5 cm³/mol. The van der Waals surface area contributed by atoms with Crippen LogP contribution in [-0.4, -0.2) is 23.5 Å². The van der Waals surface area contributed by atoms with E-state index in [0.29, 0.717) is 18.9 Å². The van der Waals surface area contributed by atoms with Crippen molar-refractivity contribution in [2.75, 3.05) is 6.54 Å². The second kappa shape index (κ2) is 10.0. The van der Waals surface area contributed by atoms with Crippen LogP contribution in [-0.2, 0) is 16.0 Å². The molecule has 1 aromatic rings. The average Bonchev–Trinajstić information content (AvgIpc) is 2.49. The summed E-state index contributed by atoms with van der Waals surface area (Å²) in [6.45, 7) is 6.91. The molecule has 0 bridgehead atoms. The van der Waals surface area contributed by atoms with Crippen molar-refractivity contribution in [1.29, 1.82) is 0 Å². The van der Waals surface area contributed by atoms with Crippen LogP contribution in [0.25, 0.3) is 0 Å². The number of carboxylic acids is 1. The van der Waals surface area contributed by atoms with Crippen LogP contribution < -0.4 is 5.32 Å². The molecule has 0 aromatic heterocycles. The lowest BCUT2D eigenvalue weighted by molar-refractivity contribution is -0.137. The molecule has 1 amide bonds. The molecule has 1 unspecified atom stereocenters. The van der Waals surface area contributed by atoms with Crippen molar-refractivity contribution in [3.63, 3.8) is 0 Å². The minimum Gasteiger partial charge on any atom is -0.481 e. The monoisotopic (exact) mass is 319 g/mol. The molecule has 1 aromatic carbocycles. The zero-order valence-corrected chi connectivity index (χ0v) is 14.5. The molecule has 0 saturated carbocycles. The Hall–Kier alpha value is -1.84. The van der Waals surface area contributed by atoms with Gasteiger partial charge in [0.05, 0.1) is 5.92 Å². The van der Waals surface area contributed by atoms with E-state index in [2.05, 4.69) is 31.3 Å². The van der Waals surface area contributed by atoms with Crippen molar-refractivity contribution >= 4 is 11.9 Å². The van der Waals surface area contributed by atoms with Crippen LogP contribution in [0, 0.1) is 5.92 Å². The first-order valence-corrected chi connectivity index (χ1v) is 8.48. The van der Waals surface area contributed by atoms with Gasteiger partial charge in [-0.15, -0.1) is 0 Å². The van der Waals surface area contributed by atoms with Gasteiger partial charge in [-0.25, -0.2) is 0 Å². The molecule has 2 N–H and O–H groups in total. The third-order valence-corrected chi connectivity index (χ3v) is 3.88. The third kappa shape index (κ3) is 7.82. The number of carboxylic acid groups (broad SMARTS) is 1. The Kier molecular flexibility index (Phi) is 8.38. The highest BCUT2D eigenvalue weighted by atomic mass is 16.4. The minimum atomic E-state index is -0.761. The Balaban J connectivity index is 2.34. The first-order chi connectivity index (χ1) is 10.9. The summed E-state index contributed by atoms with van der Waals surface area (Å²) < 4.78 is 0. The first-order valence-electron chi connectivity index (χ1n) is 8.48. The van der Waals surface area contributed by atoms with Gasteiger partial charge in [0, 0.05) is 13.0 Å². The molecule has 0 heterocycles. The van der Waals surface area contributed by atoms with Crippen LogP contribution in [0.5, 0.6) is 0 Å². The summed E-state index contributed by atoms with van der Waals surface area (Å²) in [5.41, 5.74) is 2.33. The molecule has 23 heavy (non-hydrogen) atoms. The van der Waals surface area contributed by atoms with Gasteiger partial charge in [0.2, 0.25) is 5.91 Å². The largest absolute Gasteiger partial charge is 0.481 e. The van der Waals surface area contributed by atoms with E-state index in [1.165, 1.54) is 5.56 Å². The summed E-state index contributed by atoms with van der Waals surface area (Å²) in [5.74, 6) is -0.270. The fourth-order valence-electron chi connectivity index (χ4n) is 2.51. The molecule has 4 heteroatoms.